The molecule has 0 bridgehead atoms. The number of nitrogens with one attached hydrogen (secondary N) is 1. The lowest BCUT2D eigenvalue weighted by molar-refractivity contribution is 0.486. The summed E-state index contributed by atoms with van der Waals surface area (Å²) in [5.41, 5.74) is 6.40. The van der Waals surface area contributed by atoms with Gasteiger partial charge in [0.2, 0.25) is 0 Å². The van der Waals surface area contributed by atoms with Crippen molar-refractivity contribution in [1.29, 1.82) is 0 Å². The normalized spacial score (nSPS) is 15.7. The summed E-state index contributed by atoms with van der Waals surface area (Å²) in [5, 5.41) is 0. The Kier molecular flexibility index (Phi) is 3.81. The molecule has 3 heterocycles. The van der Waals surface area contributed by atoms with Gasteiger partial charge in [0.25, 0.3) is 0 Å². The van der Waals surface area contributed by atoms with E-state index in [4.69, 9.17) is 15.0 Å². The molecule has 0 radical (unpaired) electrons. The molecule has 27 heavy (non-hydrogen) atoms. The maximum absolute atomic E-state index is 4.88. The Bertz CT molecular complexity index is 1120. The van der Waals surface area contributed by atoms with Crippen LogP contribution in [0.4, 0.5) is 5.82 Å². The second-order valence-corrected chi connectivity index (χ2v) is 7.53. The molecule has 1 fully saturated rings. The van der Waals surface area contributed by atoms with Crippen molar-refractivity contribution < 1.29 is 0 Å². The van der Waals surface area contributed by atoms with Crippen molar-refractivity contribution in [3.63, 3.8) is 0 Å². The van der Waals surface area contributed by atoms with Crippen molar-refractivity contribution in [2.24, 2.45) is 0 Å². The predicted molar refractivity (Wildman–Crippen MR) is 109 cm³/mol. The Morgan fingerprint density at radius 3 is 2.41 bits per heavy atom. The summed E-state index contributed by atoms with van der Waals surface area (Å²) >= 11 is 0. The molecule has 2 aromatic carbocycles. The van der Waals surface area contributed by atoms with Crippen molar-refractivity contribution in [2.75, 3.05) is 18.0 Å². The van der Waals surface area contributed by atoms with E-state index in [0.717, 1.165) is 65.3 Å². The standard InChI is InChI=1S/C22H23N5/c1-14-7-8-19-20(13-14)25-21(24-19)16-9-11-27(12-10-16)22-15(2)23-17-5-3-4-6-18(17)26-22/h3-8,13,16H,9-12H2,1-2H3,(H,24,25). The van der Waals surface area contributed by atoms with E-state index in [2.05, 4.69) is 41.9 Å². The molecule has 1 N–H and O–H groups in total. The number of fused-ring (bicyclic) bond motifs is 2. The lowest BCUT2D eigenvalue weighted by atomic mass is 9.96. The Morgan fingerprint density at radius 1 is 0.889 bits per heavy atom. The van der Waals surface area contributed by atoms with E-state index in [-0.39, 0.29) is 0 Å². The molecule has 4 aromatic rings. The number of piperidine rings is 1. The van der Waals surface area contributed by atoms with Crippen LogP contribution in [-0.2, 0) is 0 Å². The number of hydrogen-bond donors (Lipinski definition) is 1. The van der Waals surface area contributed by atoms with Crippen LogP contribution in [0.25, 0.3) is 22.1 Å². The zero-order valence-corrected chi connectivity index (χ0v) is 15.7. The molecule has 1 aliphatic rings. The monoisotopic (exact) mass is 357 g/mol. The number of nitrogens with zero attached hydrogens (tertiary/aromatic N) is 4. The molecule has 136 valence electrons. The Balaban J connectivity index is 1.37. The summed E-state index contributed by atoms with van der Waals surface area (Å²) in [6.45, 7) is 6.14. The van der Waals surface area contributed by atoms with Gasteiger partial charge < -0.3 is 9.88 Å². The van der Waals surface area contributed by atoms with Gasteiger partial charge in [-0.2, -0.15) is 0 Å². The molecule has 0 amide bonds. The summed E-state index contributed by atoms with van der Waals surface area (Å²) < 4.78 is 0. The van der Waals surface area contributed by atoms with Crippen LogP contribution in [0.1, 0.15) is 35.8 Å². The van der Waals surface area contributed by atoms with Crippen molar-refractivity contribution in [3.05, 3.63) is 59.5 Å². The van der Waals surface area contributed by atoms with Crippen LogP contribution in [-0.4, -0.2) is 33.0 Å². The first-order valence-electron chi connectivity index (χ1n) is 9.62. The summed E-state index contributed by atoms with van der Waals surface area (Å²) in [5.74, 6) is 2.62. The fourth-order valence-electron chi connectivity index (χ4n) is 4.08. The summed E-state index contributed by atoms with van der Waals surface area (Å²) in [7, 11) is 0. The van der Waals surface area contributed by atoms with Crippen LogP contribution in [0.2, 0.25) is 0 Å². The Hall–Kier alpha value is -2.95. The van der Waals surface area contributed by atoms with Gasteiger partial charge in [0.15, 0.2) is 5.82 Å². The summed E-state index contributed by atoms with van der Waals surface area (Å²) in [6, 6.07) is 14.5. The van der Waals surface area contributed by atoms with Gasteiger partial charge in [-0.05, 0) is 56.5 Å². The Labute approximate surface area is 158 Å². The number of para-hydroxylation sites is 2. The van der Waals surface area contributed by atoms with Crippen LogP contribution >= 0.6 is 0 Å². The van der Waals surface area contributed by atoms with Crippen molar-refractivity contribution in [1.82, 2.24) is 19.9 Å². The highest BCUT2D eigenvalue weighted by molar-refractivity contribution is 5.77. The number of H-pyrrole nitrogens is 1. The van der Waals surface area contributed by atoms with E-state index in [9.17, 15) is 0 Å². The lowest BCUT2D eigenvalue weighted by Gasteiger charge is -2.32. The number of aryl methyl sites for hydroxylation is 2. The minimum atomic E-state index is 0.475. The molecule has 5 nitrogen and oxygen atoms in total. The smallest absolute Gasteiger partial charge is 0.150 e. The third-order valence-corrected chi connectivity index (χ3v) is 5.56. The van der Waals surface area contributed by atoms with E-state index in [1.165, 1.54) is 5.56 Å². The summed E-state index contributed by atoms with van der Waals surface area (Å²) in [4.78, 5) is 20.4. The first-order chi connectivity index (χ1) is 13.2. The average Bonchev–Trinajstić information content (AvgIpc) is 3.11. The van der Waals surface area contributed by atoms with Gasteiger partial charge in [-0.25, -0.2) is 15.0 Å². The van der Waals surface area contributed by atoms with Gasteiger partial charge in [-0.3, -0.25) is 0 Å². The van der Waals surface area contributed by atoms with Gasteiger partial charge >= 0.3 is 0 Å². The highest BCUT2D eigenvalue weighted by atomic mass is 15.2. The summed E-state index contributed by atoms with van der Waals surface area (Å²) in [6.07, 6.45) is 2.15. The second-order valence-electron chi connectivity index (χ2n) is 7.53. The van der Waals surface area contributed by atoms with Crippen LogP contribution < -0.4 is 4.90 Å². The minimum Gasteiger partial charge on any atom is -0.355 e. The number of hydrogen-bond acceptors (Lipinski definition) is 4. The fraction of sp³-hybridized carbons (Fsp3) is 0.318. The number of aromatic nitrogens is 4. The zero-order chi connectivity index (χ0) is 18.4. The van der Waals surface area contributed by atoms with E-state index in [1.54, 1.807) is 0 Å². The van der Waals surface area contributed by atoms with Crippen molar-refractivity contribution in [3.8, 4) is 0 Å². The van der Waals surface area contributed by atoms with E-state index >= 15 is 0 Å². The van der Waals surface area contributed by atoms with Gasteiger partial charge in [-0.1, -0.05) is 18.2 Å². The number of anilines is 1. The molecule has 5 heteroatoms. The first-order valence-corrected chi connectivity index (χ1v) is 9.62. The zero-order valence-electron chi connectivity index (χ0n) is 15.7. The third kappa shape index (κ3) is 2.93. The van der Waals surface area contributed by atoms with Gasteiger partial charge in [-0.15, -0.1) is 0 Å². The van der Waals surface area contributed by atoms with Crippen LogP contribution in [0.5, 0.6) is 0 Å². The Morgan fingerprint density at radius 2 is 1.63 bits per heavy atom. The third-order valence-electron chi connectivity index (χ3n) is 5.56. The molecule has 1 saturated heterocycles. The predicted octanol–water partition coefficient (Wildman–Crippen LogP) is 4.51. The quantitative estimate of drug-likeness (QED) is 0.573. The maximum Gasteiger partial charge on any atom is 0.150 e. The molecule has 0 spiro atoms. The van der Waals surface area contributed by atoms with E-state index in [0.29, 0.717) is 5.92 Å². The van der Waals surface area contributed by atoms with Crippen molar-refractivity contribution in [2.45, 2.75) is 32.6 Å². The van der Waals surface area contributed by atoms with E-state index in [1.807, 2.05) is 24.3 Å². The lowest BCUT2D eigenvalue weighted by Crippen LogP contribution is -2.34. The SMILES string of the molecule is Cc1ccc2nc(C3CCN(c4nc5ccccc5nc4C)CC3)[nH]c2c1. The molecular formula is C22H23N5. The molecular weight excluding hydrogens is 334 g/mol. The van der Waals surface area contributed by atoms with Crippen LogP contribution in [0.15, 0.2) is 42.5 Å². The molecule has 0 saturated carbocycles. The number of rotatable bonds is 2. The number of imidazole rings is 1. The number of aromatic amines is 1. The minimum absolute atomic E-state index is 0.475. The fourth-order valence-corrected chi connectivity index (χ4v) is 4.08. The first kappa shape index (κ1) is 16.2. The topological polar surface area (TPSA) is 57.7 Å². The van der Waals surface area contributed by atoms with Crippen LogP contribution in [0, 0.1) is 13.8 Å². The highest BCUT2D eigenvalue weighted by Gasteiger charge is 2.25. The molecule has 0 aliphatic carbocycles. The average molecular weight is 357 g/mol. The van der Waals surface area contributed by atoms with Gasteiger partial charge in [0, 0.05) is 19.0 Å². The largest absolute Gasteiger partial charge is 0.355 e. The number of benzene rings is 2. The molecule has 5 rings (SSSR count). The molecule has 2 aromatic heterocycles. The maximum atomic E-state index is 4.88. The molecule has 0 atom stereocenters. The molecule has 0 unspecified atom stereocenters. The van der Waals surface area contributed by atoms with E-state index < -0.39 is 0 Å². The highest BCUT2D eigenvalue weighted by Crippen LogP contribution is 2.31. The second kappa shape index (κ2) is 6.34. The van der Waals surface area contributed by atoms with Gasteiger partial charge in [0.1, 0.15) is 5.82 Å². The van der Waals surface area contributed by atoms with Crippen LogP contribution in [0.3, 0.4) is 0 Å². The van der Waals surface area contributed by atoms with Crippen molar-refractivity contribution >= 4 is 27.9 Å². The molecule has 1 aliphatic heterocycles. The van der Waals surface area contributed by atoms with Gasteiger partial charge in [0.05, 0.1) is 27.8 Å².